The first kappa shape index (κ1) is 15.6. The number of carbonyl (C=O) groups excluding carboxylic acids is 2. The van der Waals surface area contributed by atoms with Crippen LogP contribution in [-0.2, 0) is 4.79 Å². The minimum absolute atomic E-state index is 0.155. The first-order valence-electron chi connectivity index (χ1n) is 6.55. The number of carbonyl (C=O) groups is 2. The Morgan fingerprint density at radius 2 is 1.68 bits per heavy atom. The standard InChI is InChI=1S/C16H14F2N2O2/c1-19-16(22)14(11-7-8-12(17)13(18)9-11)20-15(21)10-5-3-2-4-6-10/h2-9,14H,1H3,(H,19,22)(H,20,21). The van der Waals surface area contributed by atoms with E-state index in [1.165, 1.54) is 13.1 Å². The van der Waals surface area contributed by atoms with Gasteiger partial charge < -0.3 is 10.6 Å². The van der Waals surface area contributed by atoms with Crippen molar-refractivity contribution in [1.29, 1.82) is 0 Å². The van der Waals surface area contributed by atoms with Gasteiger partial charge in [-0.2, -0.15) is 0 Å². The average Bonchev–Trinajstić information content (AvgIpc) is 2.55. The highest BCUT2D eigenvalue weighted by atomic mass is 19.2. The Bertz CT molecular complexity index is 690. The molecule has 0 heterocycles. The lowest BCUT2D eigenvalue weighted by atomic mass is 10.0. The highest BCUT2D eigenvalue weighted by Crippen LogP contribution is 2.17. The van der Waals surface area contributed by atoms with Gasteiger partial charge in [-0.25, -0.2) is 8.78 Å². The number of benzene rings is 2. The molecule has 0 saturated heterocycles. The van der Waals surface area contributed by atoms with Gasteiger partial charge >= 0.3 is 0 Å². The number of halogens is 2. The predicted molar refractivity (Wildman–Crippen MR) is 77.1 cm³/mol. The highest BCUT2D eigenvalue weighted by Gasteiger charge is 2.23. The maximum Gasteiger partial charge on any atom is 0.252 e. The van der Waals surface area contributed by atoms with Crippen molar-refractivity contribution in [2.24, 2.45) is 0 Å². The normalized spacial score (nSPS) is 11.6. The minimum Gasteiger partial charge on any atom is -0.357 e. The van der Waals surface area contributed by atoms with Crippen LogP contribution in [0.4, 0.5) is 8.78 Å². The molecule has 1 unspecified atom stereocenters. The zero-order valence-corrected chi connectivity index (χ0v) is 11.8. The molecule has 0 aliphatic carbocycles. The van der Waals surface area contributed by atoms with Crippen LogP contribution in [-0.4, -0.2) is 18.9 Å². The number of amides is 2. The molecule has 2 N–H and O–H groups in total. The second-order valence-corrected chi connectivity index (χ2v) is 4.56. The van der Waals surface area contributed by atoms with Gasteiger partial charge in [-0.05, 0) is 29.8 Å². The summed E-state index contributed by atoms with van der Waals surface area (Å²) in [6.45, 7) is 0. The van der Waals surface area contributed by atoms with Gasteiger partial charge in [-0.15, -0.1) is 0 Å². The van der Waals surface area contributed by atoms with Crippen LogP contribution in [0.5, 0.6) is 0 Å². The van der Waals surface area contributed by atoms with Crippen molar-refractivity contribution in [2.45, 2.75) is 6.04 Å². The van der Waals surface area contributed by atoms with E-state index >= 15 is 0 Å². The fourth-order valence-electron chi connectivity index (χ4n) is 1.94. The molecule has 0 fully saturated rings. The number of likely N-dealkylation sites (N-methyl/N-ethyl adjacent to an activating group) is 1. The smallest absolute Gasteiger partial charge is 0.252 e. The summed E-state index contributed by atoms with van der Waals surface area (Å²) in [6.07, 6.45) is 0. The molecule has 0 aromatic heterocycles. The molecule has 0 aliphatic heterocycles. The lowest BCUT2D eigenvalue weighted by Gasteiger charge is -2.18. The second kappa shape index (κ2) is 6.80. The van der Waals surface area contributed by atoms with E-state index in [0.29, 0.717) is 5.56 Å². The third-order valence-corrected chi connectivity index (χ3v) is 3.10. The van der Waals surface area contributed by atoms with Crippen molar-refractivity contribution < 1.29 is 18.4 Å². The Labute approximate surface area is 126 Å². The molecule has 2 amide bonds. The molecule has 1 atom stereocenters. The minimum atomic E-state index is -1.12. The van der Waals surface area contributed by atoms with Gasteiger partial charge in [0.2, 0.25) is 5.91 Å². The van der Waals surface area contributed by atoms with Crippen LogP contribution in [0.3, 0.4) is 0 Å². The van der Waals surface area contributed by atoms with Gasteiger partial charge in [0.1, 0.15) is 6.04 Å². The van der Waals surface area contributed by atoms with E-state index in [1.54, 1.807) is 30.3 Å². The van der Waals surface area contributed by atoms with E-state index in [-0.39, 0.29) is 5.56 Å². The average molecular weight is 304 g/mol. The van der Waals surface area contributed by atoms with Gasteiger partial charge in [0.05, 0.1) is 0 Å². The molecule has 2 aromatic rings. The second-order valence-electron chi connectivity index (χ2n) is 4.56. The van der Waals surface area contributed by atoms with Crippen LogP contribution in [0.1, 0.15) is 22.0 Å². The van der Waals surface area contributed by atoms with Crippen molar-refractivity contribution in [3.05, 3.63) is 71.3 Å². The Morgan fingerprint density at radius 3 is 2.27 bits per heavy atom. The van der Waals surface area contributed by atoms with Gasteiger partial charge in [0, 0.05) is 12.6 Å². The van der Waals surface area contributed by atoms with E-state index in [1.807, 2.05) is 0 Å². The summed E-state index contributed by atoms with van der Waals surface area (Å²) in [5.41, 5.74) is 0.515. The van der Waals surface area contributed by atoms with E-state index in [4.69, 9.17) is 0 Å². The Balaban J connectivity index is 2.29. The highest BCUT2D eigenvalue weighted by molar-refractivity contribution is 5.97. The van der Waals surface area contributed by atoms with E-state index < -0.39 is 29.5 Å². The molecule has 22 heavy (non-hydrogen) atoms. The van der Waals surface area contributed by atoms with E-state index in [2.05, 4.69) is 10.6 Å². The summed E-state index contributed by atoms with van der Waals surface area (Å²) in [7, 11) is 1.39. The van der Waals surface area contributed by atoms with Crippen LogP contribution in [0.2, 0.25) is 0 Å². The first-order chi connectivity index (χ1) is 10.5. The summed E-state index contributed by atoms with van der Waals surface area (Å²) in [6, 6.07) is 10.2. The fraction of sp³-hybridized carbons (Fsp3) is 0.125. The van der Waals surface area contributed by atoms with Gasteiger partial charge in [0.25, 0.3) is 5.91 Å². The topological polar surface area (TPSA) is 58.2 Å². The molecular weight excluding hydrogens is 290 g/mol. The molecule has 0 aliphatic rings. The molecule has 114 valence electrons. The Hall–Kier alpha value is -2.76. The Morgan fingerprint density at radius 1 is 1.00 bits per heavy atom. The van der Waals surface area contributed by atoms with Crippen LogP contribution in [0.15, 0.2) is 48.5 Å². The summed E-state index contributed by atoms with van der Waals surface area (Å²) in [5, 5.41) is 4.89. The molecule has 2 rings (SSSR count). The molecule has 2 aromatic carbocycles. The third-order valence-electron chi connectivity index (χ3n) is 3.10. The van der Waals surface area contributed by atoms with Crippen molar-refractivity contribution in [1.82, 2.24) is 10.6 Å². The fourth-order valence-corrected chi connectivity index (χ4v) is 1.94. The first-order valence-corrected chi connectivity index (χ1v) is 6.55. The zero-order valence-electron chi connectivity index (χ0n) is 11.8. The predicted octanol–water partition coefficient (Wildman–Crippen LogP) is 2.18. The molecule has 6 heteroatoms. The quantitative estimate of drug-likeness (QED) is 0.909. The van der Waals surface area contributed by atoms with Crippen molar-refractivity contribution in [3.8, 4) is 0 Å². The summed E-state index contributed by atoms with van der Waals surface area (Å²) in [5.74, 6) is -3.12. The SMILES string of the molecule is CNC(=O)C(NC(=O)c1ccccc1)c1ccc(F)c(F)c1. The van der Waals surface area contributed by atoms with Crippen LogP contribution in [0.25, 0.3) is 0 Å². The number of hydrogen-bond donors (Lipinski definition) is 2. The van der Waals surface area contributed by atoms with Gasteiger partial charge in [0.15, 0.2) is 11.6 Å². The summed E-state index contributed by atoms with van der Waals surface area (Å²) in [4.78, 5) is 24.1. The van der Waals surface area contributed by atoms with Crippen LogP contribution < -0.4 is 10.6 Å². The monoisotopic (exact) mass is 304 g/mol. The van der Waals surface area contributed by atoms with Crippen LogP contribution >= 0.6 is 0 Å². The number of nitrogens with one attached hydrogen (secondary N) is 2. The van der Waals surface area contributed by atoms with Crippen molar-refractivity contribution in [3.63, 3.8) is 0 Å². The molecule has 4 nitrogen and oxygen atoms in total. The van der Waals surface area contributed by atoms with Crippen molar-refractivity contribution in [2.75, 3.05) is 7.05 Å². The maximum atomic E-state index is 13.3. The molecular formula is C16H14F2N2O2. The number of hydrogen-bond acceptors (Lipinski definition) is 2. The summed E-state index contributed by atoms with van der Waals surface area (Å²) >= 11 is 0. The lowest BCUT2D eigenvalue weighted by Crippen LogP contribution is -2.39. The summed E-state index contributed by atoms with van der Waals surface area (Å²) < 4.78 is 26.4. The molecule has 0 radical (unpaired) electrons. The Kier molecular flexibility index (Phi) is 4.83. The lowest BCUT2D eigenvalue weighted by molar-refractivity contribution is -0.122. The number of rotatable bonds is 4. The van der Waals surface area contributed by atoms with E-state index in [0.717, 1.165) is 12.1 Å². The molecule has 0 saturated carbocycles. The largest absolute Gasteiger partial charge is 0.357 e. The zero-order chi connectivity index (χ0) is 16.1. The van der Waals surface area contributed by atoms with Crippen LogP contribution in [0, 0.1) is 11.6 Å². The van der Waals surface area contributed by atoms with Gasteiger partial charge in [-0.3, -0.25) is 9.59 Å². The molecule has 0 bridgehead atoms. The molecule has 0 spiro atoms. The third kappa shape index (κ3) is 3.46. The van der Waals surface area contributed by atoms with E-state index in [9.17, 15) is 18.4 Å². The van der Waals surface area contributed by atoms with Crippen molar-refractivity contribution >= 4 is 11.8 Å². The van der Waals surface area contributed by atoms with Gasteiger partial charge in [-0.1, -0.05) is 24.3 Å². The maximum absolute atomic E-state index is 13.3.